The predicted octanol–water partition coefficient (Wildman–Crippen LogP) is 1.49. The number of rotatable bonds is 3. The third-order valence-electron chi connectivity index (χ3n) is 2.11. The average Bonchev–Trinajstić information content (AvgIpc) is 2.41. The van der Waals surface area contributed by atoms with Crippen LogP contribution in [0.4, 0.5) is 0 Å². The first kappa shape index (κ1) is 11.2. The Morgan fingerprint density at radius 2 is 1.93 bits per heavy atom. The van der Waals surface area contributed by atoms with Crippen molar-refractivity contribution in [2.75, 3.05) is 0 Å². The molecule has 0 aliphatic rings. The van der Waals surface area contributed by atoms with Crippen molar-refractivity contribution in [2.24, 2.45) is 0 Å². The molecule has 0 unspecified atom stereocenters. The Hall–Kier alpha value is -0.900. The third-order valence-corrected chi connectivity index (χ3v) is 2.11. The maximum absolute atomic E-state index is 4.14. The molecule has 1 aromatic heterocycles. The van der Waals surface area contributed by atoms with Gasteiger partial charge in [0, 0.05) is 12.1 Å². The van der Waals surface area contributed by atoms with E-state index in [9.17, 15) is 0 Å². The van der Waals surface area contributed by atoms with E-state index in [0.717, 1.165) is 24.7 Å². The second-order valence-electron chi connectivity index (χ2n) is 4.51. The Morgan fingerprint density at radius 1 is 1.29 bits per heavy atom. The van der Waals surface area contributed by atoms with E-state index >= 15 is 0 Å². The summed E-state index contributed by atoms with van der Waals surface area (Å²) in [4.78, 5) is 0. The van der Waals surface area contributed by atoms with Gasteiger partial charge in [0.15, 0.2) is 0 Å². The maximum Gasteiger partial charge on any atom is 0.147 e. The normalized spacial score (nSPS) is 12.1. The predicted molar refractivity (Wildman–Crippen MR) is 57.0 cm³/mol. The van der Waals surface area contributed by atoms with Gasteiger partial charge < -0.3 is 9.88 Å². The topological polar surface area (TPSA) is 42.7 Å². The van der Waals surface area contributed by atoms with Gasteiger partial charge in [-0.2, -0.15) is 0 Å². The minimum atomic E-state index is 0.123. The highest BCUT2D eigenvalue weighted by Gasteiger charge is 2.12. The molecule has 4 heteroatoms. The average molecular weight is 196 g/mol. The summed E-state index contributed by atoms with van der Waals surface area (Å²) in [7, 11) is 0. The number of nitrogens with zero attached hydrogens (tertiary/aromatic N) is 3. The van der Waals surface area contributed by atoms with Crippen molar-refractivity contribution in [2.45, 2.75) is 53.2 Å². The molecule has 0 saturated carbocycles. The van der Waals surface area contributed by atoms with Crippen LogP contribution in [0.5, 0.6) is 0 Å². The minimum absolute atomic E-state index is 0.123. The molecule has 0 saturated heterocycles. The molecule has 80 valence electrons. The summed E-state index contributed by atoms with van der Waals surface area (Å²) in [6.45, 7) is 12.2. The maximum atomic E-state index is 4.14. The largest absolute Gasteiger partial charge is 0.314 e. The van der Waals surface area contributed by atoms with Crippen LogP contribution in [-0.4, -0.2) is 20.3 Å². The molecule has 4 nitrogen and oxygen atoms in total. The molecular weight excluding hydrogens is 176 g/mol. The molecule has 0 amide bonds. The summed E-state index contributed by atoms with van der Waals surface area (Å²) in [5, 5.41) is 11.6. The molecule has 0 radical (unpaired) electrons. The van der Waals surface area contributed by atoms with Gasteiger partial charge in [-0.15, -0.1) is 10.2 Å². The molecular formula is C10H20N4. The van der Waals surface area contributed by atoms with Gasteiger partial charge >= 0.3 is 0 Å². The van der Waals surface area contributed by atoms with E-state index < -0.39 is 0 Å². The van der Waals surface area contributed by atoms with E-state index in [2.05, 4.69) is 47.8 Å². The van der Waals surface area contributed by atoms with E-state index in [0.29, 0.717) is 0 Å². The minimum Gasteiger partial charge on any atom is -0.314 e. The molecule has 1 rings (SSSR count). The van der Waals surface area contributed by atoms with Crippen LogP contribution < -0.4 is 5.32 Å². The molecule has 0 bridgehead atoms. The lowest BCUT2D eigenvalue weighted by Crippen LogP contribution is -2.36. The summed E-state index contributed by atoms with van der Waals surface area (Å²) in [6, 6.07) is 0. The molecule has 0 fully saturated rings. The Balaban J connectivity index is 2.67. The van der Waals surface area contributed by atoms with E-state index in [1.165, 1.54) is 0 Å². The number of aryl methyl sites for hydroxylation is 1. The van der Waals surface area contributed by atoms with Crippen molar-refractivity contribution >= 4 is 0 Å². The SMILES string of the molecule is CCn1c(C)nnc1CNC(C)(C)C. The summed E-state index contributed by atoms with van der Waals surface area (Å²) in [6.07, 6.45) is 0. The molecule has 0 spiro atoms. The molecule has 0 aliphatic heterocycles. The van der Waals surface area contributed by atoms with Gasteiger partial charge in [-0.1, -0.05) is 0 Å². The van der Waals surface area contributed by atoms with E-state index in [-0.39, 0.29) is 5.54 Å². The first-order valence-electron chi connectivity index (χ1n) is 5.07. The lowest BCUT2D eigenvalue weighted by atomic mass is 10.1. The van der Waals surface area contributed by atoms with Crippen LogP contribution in [0.25, 0.3) is 0 Å². The summed E-state index contributed by atoms with van der Waals surface area (Å²) >= 11 is 0. The van der Waals surface area contributed by atoms with Gasteiger partial charge in [-0.05, 0) is 34.6 Å². The second-order valence-corrected chi connectivity index (χ2v) is 4.51. The van der Waals surface area contributed by atoms with Crippen molar-refractivity contribution in [3.05, 3.63) is 11.6 Å². The van der Waals surface area contributed by atoms with E-state index in [1.54, 1.807) is 0 Å². The fourth-order valence-corrected chi connectivity index (χ4v) is 1.31. The molecule has 1 aromatic rings. The van der Waals surface area contributed by atoms with Crippen molar-refractivity contribution in [1.82, 2.24) is 20.1 Å². The van der Waals surface area contributed by atoms with Crippen molar-refractivity contribution in [1.29, 1.82) is 0 Å². The van der Waals surface area contributed by atoms with Crippen LogP contribution >= 0.6 is 0 Å². The fraction of sp³-hybridized carbons (Fsp3) is 0.800. The highest BCUT2D eigenvalue weighted by atomic mass is 15.3. The van der Waals surface area contributed by atoms with Gasteiger partial charge in [-0.3, -0.25) is 0 Å². The van der Waals surface area contributed by atoms with Crippen LogP contribution in [0, 0.1) is 6.92 Å². The van der Waals surface area contributed by atoms with Crippen LogP contribution in [0.2, 0.25) is 0 Å². The molecule has 0 aliphatic carbocycles. The van der Waals surface area contributed by atoms with Gasteiger partial charge in [0.05, 0.1) is 6.54 Å². The third kappa shape index (κ3) is 2.80. The molecule has 1 N–H and O–H groups in total. The second kappa shape index (κ2) is 4.09. The first-order chi connectivity index (χ1) is 6.44. The quantitative estimate of drug-likeness (QED) is 0.796. The Labute approximate surface area is 85.7 Å². The first-order valence-corrected chi connectivity index (χ1v) is 5.07. The Morgan fingerprint density at radius 3 is 2.43 bits per heavy atom. The lowest BCUT2D eigenvalue weighted by molar-refractivity contribution is 0.411. The highest BCUT2D eigenvalue weighted by molar-refractivity contribution is 4.94. The number of hydrogen-bond acceptors (Lipinski definition) is 3. The van der Waals surface area contributed by atoms with E-state index in [4.69, 9.17) is 0 Å². The molecule has 1 heterocycles. The summed E-state index contributed by atoms with van der Waals surface area (Å²) < 4.78 is 2.12. The van der Waals surface area contributed by atoms with Crippen molar-refractivity contribution < 1.29 is 0 Å². The smallest absolute Gasteiger partial charge is 0.147 e. The zero-order valence-corrected chi connectivity index (χ0v) is 9.76. The standard InChI is InChI=1S/C10H20N4/c1-6-14-8(2)12-13-9(14)7-11-10(3,4)5/h11H,6-7H2,1-5H3. The monoisotopic (exact) mass is 196 g/mol. The van der Waals surface area contributed by atoms with Gasteiger partial charge in [0.2, 0.25) is 0 Å². The molecule has 0 aromatic carbocycles. The highest BCUT2D eigenvalue weighted by Crippen LogP contribution is 2.04. The summed E-state index contributed by atoms with van der Waals surface area (Å²) in [5.41, 5.74) is 0.123. The lowest BCUT2D eigenvalue weighted by Gasteiger charge is -2.20. The molecule has 0 atom stereocenters. The Bertz CT molecular complexity index is 296. The number of aromatic nitrogens is 3. The van der Waals surface area contributed by atoms with Crippen molar-refractivity contribution in [3.63, 3.8) is 0 Å². The number of nitrogens with one attached hydrogen (secondary N) is 1. The van der Waals surface area contributed by atoms with Gasteiger partial charge in [0.1, 0.15) is 11.6 Å². The molecule has 14 heavy (non-hydrogen) atoms. The van der Waals surface area contributed by atoms with Crippen LogP contribution in [-0.2, 0) is 13.1 Å². The summed E-state index contributed by atoms with van der Waals surface area (Å²) in [5.74, 6) is 2.00. The van der Waals surface area contributed by atoms with Crippen molar-refractivity contribution in [3.8, 4) is 0 Å². The Kier molecular flexibility index (Phi) is 3.26. The van der Waals surface area contributed by atoms with E-state index in [1.807, 2.05) is 6.92 Å². The van der Waals surface area contributed by atoms with Crippen LogP contribution in [0.1, 0.15) is 39.3 Å². The number of hydrogen-bond donors (Lipinski definition) is 1. The van der Waals surface area contributed by atoms with Gasteiger partial charge in [0.25, 0.3) is 0 Å². The fourth-order valence-electron chi connectivity index (χ4n) is 1.31. The van der Waals surface area contributed by atoms with Crippen LogP contribution in [0.3, 0.4) is 0 Å². The zero-order valence-electron chi connectivity index (χ0n) is 9.76. The van der Waals surface area contributed by atoms with Crippen LogP contribution in [0.15, 0.2) is 0 Å². The van der Waals surface area contributed by atoms with Gasteiger partial charge in [-0.25, -0.2) is 0 Å². The zero-order chi connectivity index (χ0) is 10.8.